The third kappa shape index (κ3) is 7.64. The Bertz CT molecular complexity index is 1180. The molecule has 2 fully saturated rings. The fourth-order valence-electron chi connectivity index (χ4n) is 6.37. The van der Waals surface area contributed by atoms with Crippen LogP contribution in [0, 0.1) is 0 Å². The summed E-state index contributed by atoms with van der Waals surface area (Å²) in [6, 6.07) is 13.2. The van der Waals surface area contributed by atoms with Crippen molar-refractivity contribution >= 4 is 27.2 Å². The van der Waals surface area contributed by atoms with Gasteiger partial charge in [-0.25, -0.2) is 0 Å². The minimum Gasteiger partial charge on any atom is -0.508 e. The van der Waals surface area contributed by atoms with Gasteiger partial charge in [0, 0.05) is 32.6 Å². The maximum atomic E-state index is 14.1. The minimum absolute atomic E-state index is 0.0907. The van der Waals surface area contributed by atoms with E-state index in [4.69, 9.17) is 4.74 Å². The second-order valence-corrected chi connectivity index (χ2v) is 12.7. The largest absolute Gasteiger partial charge is 0.508 e. The van der Waals surface area contributed by atoms with Crippen LogP contribution in [0.2, 0.25) is 0 Å². The highest BCUT2D eigenvalue weighted by atomic mass is 32.1. The van der Waals surface area contributed by atoms with Crippen LogP contribution in [0.1, 0.15) is 117 Å². The fraction of sp³-hybridized carbons (Fsp3) is 0.559. The third-order valence-corrected chi connectivity index (χ3v) is 9.96. The molecule has 0 atom stereocenters. The van der Waals surface area contributed by atoms with Crippen molar-refractivity contribution in [2.75, 3.05) is 26.2 Å². The number of phenolic OH excluding ortho intramolecular Hbond substituents is 1. The van der Waals surface area contributed by atoms with Gasteiger partial charge in [0.25, 0.3) is 0 Å². The molecule has 2 aliphatic rings. The summed E-state index contributed by atoms with van der Waals surface area (Å²) in [4.78, 5) is 17.8. The normalized spacial score (nSPS) is 18.9. The van der Waals surface area contributed by atoms with Crippen LogP contribution in [0.5, 0.6) is 11.5 Å². The summed E-state index contributed by atoms with van der Waals surface area (Å²) in [6.07, 6.45) is 18.0. The molecule has 1 saturated heterocycles. The standard InChI is InChI=1S/C34H45NO3S/c36-28-17-20-30-31(25-28)39-34(27-13-9-6-4-2-1-3-5-7-10-14-27)32(30)33(37)26-15-18-29(19-16-26)38-24-23-35-21-11-8-12-22-35/h15-20,25,27,36H,1-14,21-24H2. The number of phenols is 1. The van der Waals surface area contributed by atoms with E-state index >= 15 is 0 Å². The number of rotatable bonds is 7. The molecule has 39 heavy (non-hydrogen) atoms. The smallest absolute Gasteiger partial charge is 0.194 e. The van der Waals surface area contributed by atoms with Crippen molar-refractivity contribution in [1.82, 2.24) is 4.90 Å². The van der Waals surface area contributed by atoms with Crippen molar-refractivity contribution in [2.45, 2.75) is 95.8 Å². The topological polar surface area (TPSA) is 49.8 Å². The summed E-state index contributed by atoms with van der Waals surface area (Å²) in [5.74, 6) is 1.58. The van der Waals surface area contributed by atoms with Gasteiger partial charge < -0.3 is 9.84 Å². The lowest BCUT2D eigenvalue weighted by Gasteiger charge is -2.26. The first-order chi connectivity index (χ1) is 19.2. The van der Waals surface area contributed by atoms with Crippen molar-refractivity contribution in [3.63, 3.8) is 0 Å². The van der Waals surface area contributed by atoms with Crippen molar-refractivity contribution < 1.29 is 14.6 Å². The summed E-state index contributed by atoms with van der Waals surface area (Å²) in [5.41, 5.74) is 1.56. The maximum absolute atomic E-state index is 14.1. The van der Waals surface area contributed by atoms with E-state index in [9.17, 15) is 9.90 Å². The number of ketones is 1. The second-order valence-electron chi connectivity index (χ2n) is 11.6. The molecule has 2 heterocycles. The van der Waals surface area contributed by atoms with E-state index in [2.05, 4.69) is 4.90 Å². The van der Waals surface area contributed by atoms with E-state index in [1.54, 1.807) is 17.4 Å². The van der Waals surface area contributed by atoms with Crippen LogP contribution in [0.4, 0.5) is 0 Å². The summed E-state index contributed by atoms with van der Waals surface area (Å²) >= 11 is 1.72. The van der Waals surface area contributed by atoms with E-state index in [-0.39, 0.29) is 11.5 Å². The molecule has 1 aromatic heterocycles. The van der Waals surface area contributed by atoms with Crippen LogP contribution in [-0.2, 0) is 0 Å². The Morgan fingerprint density at radius 1 is 0.821 bits per heavy atom. The van der Waals surface area contributed by atoms with E-state index in [0.717, 1.165) is 40.8 Å². The lowest BCUT2D eigenvalue weighted by molar-refractivity contribution is 0.103. The molecule has 1 aliphatic heterocycles. The van der Waals surface area contributed by atoms with Crippen molar-refractivity contribution in [2.24, 2.45) is 0 Å². The predicted molar refractivity (Wildman–Crippen MR) is 163 cm³/mol. The molecule has 4 nitrogen and oxygen atoms in total. The van der Waals surface area contributed by atoms with Gasteiger partial charge in [0.1, 0.15) is 18.1 Å². The first kappa shape index (κ1) is 28.2. The molecule has 210 valence electrons. The van der Waals surface area contributed by atoms with Crippen LogP contribution in [0.15, 0.2) is 42.5 Å². The Labute approximate surface area is 238 Å². The number of benzene rings is 2. The number of thiophene rings is 1. The SMILES string of the molecule is O=C(c1ccc(OCCN2CCCCC2)cc1)c1c(C2CCCCCCCCCCC2)sc2cc(O)ccc12. The molecule has 0 radical (unpaired) electrons. The molecule has 1 N–H and O–H groups in total. The number of hydrogen-bond acceptors (Lipinski definition) is 5. The summed E-state index contributed by atoms with van der Waals surface area (Å²) in [7, 11) is 0. The molecule has 1 saturated carbocycles. The van der Waals surface area contributed by atoms with E-state index in [1.807, 2.05) is 36.4 Å². The quantitative estimate of drug-likeness (QED) is 0.300. The first-order valence-corrected chi connectivity index (χ1v) is 16.3. The second kappa shape index (κ2) is 14.3. The fourth-order valence-corrected chi connectivity index (χ4v) is 7.78. The van der Waals surface area contributed by atoms with Gasteiger partial charge in [0.05, 0.1) is 0 Å². The minimum atomic E-state index is 0.0907. The van der Waals surface area contributed by atoms with Gasteiger partial charge >= 0.3 is 0 Å². The Morgan fingerprint density at radius 3 is 2.10 bits per heavy atom. The zero-order valence-electron chi connectivity index (χ0n) is 23.5. The molecule has 2 aromatic carbocycles. The van der Waals surface area contributed by atoms with E-state index in [0.29, 0.717) is 18.1 Å². The monoisotopic (exact) mass is 547 g/mol. The van der Waals surface area contributed by atoms with Crippen LogP contribution >= 0.6 is 11.3 Å². The number of piperidine rings is 1. The number of hydrogen-bond donors (Lipinski definition) is 1. The number of nitrogens with zero attached hydrogens (tertiary/aromatic N) is 1. The van der Waals surface area contributed by atoms with Gasteiger partial charge in [-0.15, -0.1) is 11.3 Å². The number of likely N-dealkylation sites (tertiary alicyclic amines) is 1. The number of carbonyl (C=O) groups is 1. The average molecular weight is 548 g/mol. The Morgan fingerprint density at radius 2 is 1.44 bits per heavy atom. The highest BCUT2D eigenvalue weighted by molar-refractivity contribution is 7.19. The first-order valence-electron chi connectivity index (χ1n) is 15.4. The lowest BCUT2D eigenvalue weighted by atomic mass is 9.88. The van der Waals surface area contributed by atoms with Gasteiger partial charge in [-0.1, -0.05) is 64.2 Å². The predicted octanol–water partition coefficient (Wildman–Crippen LogP) is 9.09. The Kier molecular flexibility index (Phi) is 10.3. The van der Waals surface area contributed by atoms with Crippen molar-refractivity contribution in [1.29, 1.82) is 0 Å². The molecular weight excluding hydrogens is 502 g/mol. The Balaban J connectivity index is 1.34. The highest BCUT2D eigenvalue weighted by Gasteiger charge is 2.26. The zero-order chi connectivity index (χ0) is 26.9. The average Bonchev–Trinajstić information content (AvgIpc) is 3.32. The van der Waals surface area contributed by atoms with E-state index < -0.39 is 0 Å². The highest BCUT2D eigenvalue weighted by Crippen LogP contribution is 2.43. The molecule has 5 heteroatoms. The van der Waals surface area contributed by atoms with Gasteiger partial charge in [-0.05, 0) is 87.2 Å². The molecule has 0 amide bonds. The van der Waals surface area contributed by atoms with Gasteiger partial charge in [-0.2, -0.15) is 0 Å². The van der Waals surface area contributed by atoms with E-state index in [1.165, 1.54) is 95.0 Å². The van der Waals surface area contributed by atoms with Gasteiger partial charge in [0.2, 0.25) is 0 Å². The molecule has 1 aliphatic carbocycles. The van der Waals surface area contributed by atoms with Crippen LogP contribution in [0.3, 0.4) is 0 Å². The number of ether oxygens (including phenoxy) is 1. The van der Waals surface area contributed by atoms with Gasteiger partial charge in [-0.3, -0.25) is 9.69 Å². The van der Waals surface area contributed by atoms with Gasteiger partial charge in [0.15, 0.2) is 5.78 Å². The summed E-state index contributed by atoms with van der Waals surface area (Å²) in [6.45, 7) is 3.98. The summed E-state index contributed by atoms with van der Waals surface area (Å²) < 4.78 is 7.04. The molecular formula is C34H45NO3S. The number of fused-ring (bicyclic) bond motifs is 1. The van der Waals surface area contributed by atoms with Crippen LogP contribution in [-0.4, -0.2) is 42.0 Å². The molecule has 5 rings (SSSR count). The third-order valence-electron chi connectivity index (χ3n) is 8.65. The van der Waals surface area contributed by atoms with Crippen LogP contribution < -0.4 is 4.74 Å². The number of carbonyl (C=O) groups excluding carboxylic acids is 1. The molecule has 3 aromatic rings. The zero-order valence-corrected chi connectivity index (χ0v) is 24.3. The van der Waals surface area contributed by atoms with Crippen molar-refractivity contribution in [3.05, 3.63) is 58.5 Å². The summed E-state index contributed by atoms with van der Waals surface area (Å²) in [5, 5.41) is 11.2. The molecule has 0 spiro atoms. The number of aromatic hydroxyl groups is 1. The molecule has 0 bridgehead atoms. The van der Waals surface area contributed by atoms with Crippen LogP contribution in [0.25, 0.3) is 10.1 Å². The lowest BCUT2D eigenvalue weighted by Crippen LogP contribution is -2.33. The maximum Gasteiger partial charge on any atom is 0.194 e. The molecule has 0 unspecified atom stereocenters. The Hall–Kier alpha value is -2.37. The van der Waals surface area contributed by atoms with Crippen molar-refractivity contribution in [3.8, 4) is 11.5 Å².